The maximum Gasteiger partial charge on any atom is 0.259 e. The van der Waals surface area contributed by atoms with Gasteiger partial charge in [-0.3, -0.25) is 9.59 Å². The second-order valence-corrected chi connectivity index (χ2v) is 7.43. The number of carbonyl (C=O) groups is 2. The number of nitrogens with one attached hydrogen (secondary N) is 2. The van der Waals surface area contributed by atoms with Crippen molar-refractivity contribution in [2.75, 3.05) is 6.54 Å². The normalized spacial score (nSPS) is 10.6. The first-order valence-electron chi connectivity index (χ1n) is 9.24. The summed E-state index contributed by atoms with van der Waals surface area (Å²) in [5.41, 5.74) is 4.73. The number of ether oxygens (including phenoxy) is 1. The van der Waals surface area contributed by atoms with Crippen LogP contribution in [-0.4, -0.2) is 24.6 Å². The van der Waals surface area contributed by atoms with Gasteiger partial charge >= 0.3 is 0 Å². The molecule has 3 aromatic carbocycles. The van der Waals surface area contributed by atoms with Crippen molar-refractivity contribution in [1.82, 2.24) is 10.7 Å². The summed E-state index contributed by atoms with van der Waals surface area (Å²) in [4.78, 5) is 24.1. The van der Waals surface area contributed by atoms with Gasteiger partial charge < -0.3 is 10.1 Å². The molecule has 0 aliphatic rings. The number of carbonyl (C=O) groups excluding carboxylic acids is 2. The first kappa shape index (κ1) is 21.5. The summed E-state index contributed by atoms with van der Waals surface area (Å²) in [6.45, 7) is 0.260. The smallest absolute Gasteiger partial charge is 0.259 e. The van der Waals surface area contributed by atoms with E-state index in [1.54, 1.807) is 12.1 Å². The molecule has 152 valence electrons. The molecule has 3 aromatic rings. The highest BCUT2D eigenvalue weighted by molar-refractivity contribution is 14.1. The minimum Gasteiger partial charge on any atom is -0.488 e. The predicted octanol–water partition coefficient (Wildman–Crippen LogP) is 3.75. The zero-order valence-corrected chi connectivity index (χ0v) is 18.2. The summed E-state index contributed by atoms with van der Waals surface area (Å²) in [6, 6.07) is 24.4. The number of amides is 2. The fourth-order valence-electron chi connectivity index (χ4n) is 2.57. The van der Waals surface area contributed by atoms with Gasteiger partial charge in [0.1, 0.15) is 12.4 Å². The van der Waals surface area contributed by atoms with Crippen LogP contribution in [-0.2, 0) is 11.4 Å². The van der Waals surface area contributed by atoms with E-state index in [-0.39, 0.29) is 12.5 Å². The van der Waals surface area contributed by atoms with Crippen LogP contribution >= 0.6 is 22.6 Å². The Morgan fingerprint density at radius 2 is 1.63 bits per heavy atom. The van der Waals surface area contributed by atoms with Crippen LogP contribution in [0.4, 0.5) is 0 Å². The second kappa shape index (κ2) is 11.1. The third kappa shape index (κ3) is 6.41. The molecule has 3 rings (SSSR count). The molecule has 0 heterocycles. The van der Waals surface area contributed by atoms with Crippen LogP contribution in [0.1, 0.15) is 21.5 Å². The number of hydrogen-bond acceptors (Lipinski definition) is 4. The molecular formula is C23H20IN3O3. The zero-order chi connectivity index (χ0) is 21.2. The van der Waals surface area contributed by atoms with Crippen LogP contribution in [0.15, 0.2) is 84.0 Å². The van der Waals surface area contributed by atoms with Crippen molar-refractivity contribution in [1.29, 1.82) is 0 Å². The molecular weight excluding hydrogens is 493 g/mol. The van der Waals surface area contributed by atoms with Crippen molar-refractivity contribution < 1.29 is 14.3 Å². The van der Waals surface area contributed by atoms with Gasteiger partial charge in [-0.15, -0.1) is 0 Å². The number of benzene rings is 3. The predicted molar refractivity (Wildman–Crippen MR) is 124 cm³/mol. The molecule has 0 fully saturated rings. The molecule has 0 bridgehead atoms. The van der Waals surface area contributed by atoms with E-state index in [2.05, 4.69) is 38.4 Å². The number of hydrazone groups is 1. The lowest BCUT2D eigenvalue weighted by atomic mass is 10.2. The molecule has 6 nitrogen and oxygen atoms in total. The van der Waals surface area contributed by atoms with Gasteiger partial charge in [0.25, 0.3) is 11.8 Å². The maximum atomic E-state index is 12.1. The van der Waals surface area contributed by atoms with Crippen molar-refractivity contribution in [3.63, 3.8) is 0 Å². The summed E-state index contributed by atoms with van der Waals surface area (Å²) < 4.78 is 6.68. The zero-order valence-electron chi connectivity index (χ0n) is 16.0. The molecule has 0 aliphatic heterocycles. The van der Waals surface area contributed by atoms with Crippen LogP contribution < -0.4 is 15.5 Å². The van der Waals surface area contributed by atoms with E-state index in [0.717, 1.165) is 14.7 Å². The fourth-order valence-corrected chi connectivity index (χ4v) is 3.20. The van der Waals surface area contributed by atoms with Crippen molar-refractivity contribution in [3.05, 3.63) is 99.1 Å². The Kier molecular flexibility index (Phi) is 7.96. The van der Waals surface area contributed by atoms with Crippen LogP contribution in [0.3, 0.4) is 0 Å². The average Bonchev–Trinajstić information content (AvgIpc) is 2.78. The Bertz CT molecular complexity index is 1040. The largest absolute Gasteiger partial charge is 0.488 e. The van der Waals surface area contributed by atoms with Crippen molar-refractivity contribution >= 4 is 40.6 Å². The van der Waals surface area contributed by atoms with Crippen LogP contribution in [0.2, 0.25) is 0 Å². The highest BCUT2D eigenvalue weighted by atomic mass is 127. The van der Waals surface area contributed by atoms with Gasteiger partial charge in [-0.05, 0) is 52.4 Å². The minimum atomic E-state index is -0.423. The van der Waals surface area contributed by atoms with E-state index in [0.29, 0.717) is 17.9 Å². The third-order valence-corrected chi connectivity index (χ3v) is 5.02. The SMILES string of the molecule is O=C(CNC(=O)c1ccccc1I)N/N=C\c1ccccc1OCc1ccccc1. The summed E-state index contributed by atoms with van der Waals surface area (Å²) in [5, 5.41) is 6.55. The molecule has 0 unspecified atom stereocenters. The molecule has 0 aromatic heterocycles. The highest BCUT2D eigenvalue weighted by Crippen LogP contribution is 2.17. The number of halogens is 1. The Morgan fingerprint density at radius 3 is 2.43 bits per heavy atom. The van der Waals surface area contributed by atoms with Crippen LogP contribution in [0.5, 0.6) is 5.75 Å². The summed E-state index contributed by atoms with van der Waals surface area (Å²) in [5.74, 6) is -0.0710. The topological polar surface area (TPSA) is 79.8 Å². The standard InChI is InChI=1S/C23H20IN3O3/c24-20-12-6-5-11-19(20)23(29)25-15-22(28)27-26-14-18-10-4-7-13-21(18)30-16-17-8-2-1-3-9-17/h1-14H,15-16H2,(H,25,29)(H,27,28)/b26-14-. The third-order valence-electron chi connectivity index (χ3n) is 4.08. The molecule has 2 amide bonds. The molecule has 30 heavy (non-hydrogen) atoms. The molecule has 2 N–H and O–H groups in total. The fraction of sp³-hybridized carbons (Fsp3) is 0.0870. The van der Waals surface area contributed by atoms with Gasteiger partial charge in [0.15, 0.2) is 0 Å². The van der Waals surface area contributed by atoms with E-state index in [9.17, 15) is 9.59 Å². The number of para-hydroxylation sites is 1. The van der Waals surface area contributed by atoms with Gasteiger partial charge in [-0.25, -0.2) is 5.43 Å². The molecule has 7 heteroatoms. The van der Waals surface area contributed by atoms with E-state index in [4.69, 9.17) is 4.74 Å². The second-order valence-electron chi connectivity index (χ2n) is 6.27. The lowest BCUT2D eigenvalue weighted by Gasteiger charge is -2.09. The number of nitrogens with zero attached hydrogens (tertiary/aromatic N) is 1. The Morgan fingerprint density at radius 1 is 0.933 bits per heavy atom. The van der Waals surface area contributed by atoms with Crippen molar-refractivity contribution in [2.24, 2.45) is 5.10 Å². The van der Waals surface area contributed by atoms with Crippen LogP contribution in [0.25, 0.3) is 0 Å². The molecule has 0 atom stereocenters. The Balaban J connectivity index is 1.50. The lowest BCUT2D eigenvalue weighted by molar-refractivity contribution is -0.120. The van der Waals surface area contributed by atoms with E-state index >= 15 is 0 Å². The summed E-state index contributed by atoms with van der Waals surface area (Å²) >= 11 is 2.08. The first-order valence-corrected chi connectivity index (χ1v) is 10.3. The number of hydrogen-bond donors (Lipinski definition) is 2. The highest BCUT2D eigenvalue weighted by Gasteiger charge is 2.10. The van der Waals surface area contributed by atoms with Crippen LogP contribution in [0, 0.1) is 3.57 Å². The first-order chi connectivity index (χ1) is 14.6. The quantitative estimate of drug-likeness (QED) is 0.274. The lowest BCUT2D eigenvalue weighted by Crippen LogP contribution is -2.35. The Labute approximate surface area is 188 Å². The van der Waals surface area contributed by atoms with Gasteiger partial charge in [0, 0.05) is 9.13 Å². The maximum absolute atomic E-state index is 12.1. The average molecular weight is 513 g/mol. The van der Waals surface area contributed by atoms with E-state index in [1.807, 2.05) is 66.7 Å². The van der Waals surface area contributed by atoms with Crippen molar-refractivity contribution in [3.8, 4) is 5.75 Å². The summed E-state index contributed by atoms with van der Waals surface area (Å²) in [7, 11) is 0. The van der Waals surface area contributed by atoms with E-state index in [1.165, 1.54) is 6.21 Å². The molecule has 0 spiro atoms. The molecule has 0 saturated carbocycles. The Hall–Kier alpha value is -3.20. The van der Waals surface area contributed by atoms with Gasteiger partial charge in [0.05, 0.1) is 18.3 Å². The van der Waals surface area contributed by atoms with Gasteiger partial charge in [-0.1, -0.05) is 54.6 Å². The minimum absolute atomic E-state index is 0.173. The molecule has 0 aliphatic carbocycles. The number of rotatable bonds is 8. The molecule has 0 radical (unpaired) electrons. The van der Waals surface area contributed by atoms with E-state index < -0.39 is 5.91 Å². The molecule has 0 saturated heterocycles. The van der Waals surface area contributed by atoms with Gasteiger partial charge in [0.2, 0.25) is 0 Å². The van der Waals surface area contributed by atoms with Gasteiger partial charge in [-0.2, -0.15) is 5.10 Å². The van der Waals surface area contributed by atoms with Crippen molar-refractivity contribution in [2.45, 2.75) is 6.61 Å². The monoisotopic (exact) mass is 513 g/mol. The summed E-state index contributed by atoms with van der Waals surface area (Å²) in [6.07, 6.45) is 1.51.